The maximum absolute atomic E-state index is 12.3. The molecule has 34 heavy (non-hydrogen) atoms. The minimum atomic E-state index is -0.264. The van der Waals surface area contributed by atoms with Gasteiger partial charge in [0.1, 0.15) is 17.2 Å². The highest BCUT2D eigenvalue weighted by atomic mass is 16.5. The second kappa shape index (κ2) is 7.96. The van der Waals surface area contributed by atoms with Crippen LogP contribution in [-0.2, 0) is 13.0 Å². The summed E-state index contributed by atoms with van der Waals surface area (Å²) in [5, 5.41) is 7.48. The first kappa shape index (κ1) is 20.4. The number of H-pyrrole nitrogens is 1. The molecule has 0 fully saturated rings. The van der Waals surface area contributed by atoms with Crippen molar-refractivity contribution in [1.82, 2.24) is 19.9 Å². The predicted octanol–water partition coefficient (Wildman–Crippen LogP) is 4.01. The zero-order valence-corrected chi connectivity index (χ0v) is 18.8. The highest BCUT2D eigenvalue weighted by Crippen LogP contribution is 2.34. The van der Waals surface area contributed by atoms with Gasteiger partial charge in [-0.3, -0.25) is 4.79 Å². The summed E-state index contributed by atoms with van der Waals surface area (Å²) in [7, 11) is 3.79. The predicted molar refractivity (Wildman–Crippen MR) is 132 cm³/mol. The van der Waals surface area contributed by atoms with Gasteiger partial charge in [-0.1, -0.05) is 12.1 Å². The third kappa shape index (κ3) is 3.46. The number of fused-ring (bicyclic) bond motifs is 3. The van der Waals surface area contributed by atoms with E-state index in [0.717, 1.165) is 41.9 Å². The Labute approximate surface area is 195 Å². The smallest absolute Gasteiger partial charge is 0.279 e. The van der Waals surface area contributed by atoms with E-state index in [2.05, 4.69) is 49.7 Å². The van der Waals surface area contributed by atoms with Crippen LogP contribution in [0, 0.1) is 0 Å². The van der Waals surface area contributed by atoms with Crippen LogP contribution in [0.15, 0.2) is 47.6 Å². The number of hydrogen-bond donors (Lipinski definition) is 3. The second-order valence-corrected chi connectivity index (χ2v) is 8.53. The third-order valence-corrected chi connectivity index (χ3v) is 6.27. The largest absolute Gasteiger partial charge is 0.495 e. The van der Waals surface area contributed by atoms with Crippen LogP contribution in [0.2, 0.25) is 0 Å². The van der Waals surface area contributed by atoms with E-state index in [-0.39, 0.29) is 5.91 Å². The molecule has 2 aliphatic heterocycles. The summed E-state index contributed by atoms with van der Waals surface area (Å²) < 4.78 is 5.66. The average Bonchev–Trinajstić information content (AvgIpc) is 3.46. The normalized spacial score (nSPS) is 14.8. The fraction of sp³-hybridized carbons (Fsp3) is 0.200. The molecular formula is C25H23N7O2. The average molecular weight is 454 g/mol. The van der Waals surface area contributed by atoms with Gasteiger partial charge in [0, 0.05) is 31.1 Å². The molecule has 2 aromatic heterocycles. The quantitative estimate of drug-likeness (QED) is 0.419. The van der Waals surface area contributed by atoms with Crippen molar-refractivity contribution in [2.45, 2.75) is 13.0 Å². The first-order valence-corrected chi connectivity index (χ1v) is 11.1. The van der Waals surface area contributed by atoms with Crippen molar-refractivity contribution < 1.29 is 9.53 Å². The number of rotatable bonds is 5. The van der Waals surface area contributed by atoms with Crippen LogP contribution in [0.4, 0.5) is 23.1 Å². The molecular weight excluding hydrogens is 430 g/mol. The first-order chi connectivity index (χ1) is 16.6. The lowest BCUT2D eigenvalue weighted by Crippen LogP contribution is -2.26. The molecule has 170 valence electrons. The SMILES string of the molecule is COc1cc2c(cc1Nc1nc(Nc3cccc4c3C(=O)N=C4)c3cc[nH]c3n1)CN(C)CC2. The summed E-state index contributed by atoms with van der Waals surface area (Å²) in [6.45, 7) is 1.91. The Morgan fingerprint density at radius 1 is 1.09 bits per heavy atom. The number of nitrogens with one attached hydrogen (secondary N) is 3. The molecule has 1 amide bonds. The molecule has 3 N–H and O–H groups in total. The van der Waals surface area contributed by atoms with Gasteiger partial charge in [-0.05, 0) is 48.9 Å². The molecule has 9 heteroatoms. The maximum atomic E-state index is 12.3. The van der Waals surface area contributed by atoms with Crippen molar-refractivity contribution in [3.63, 3.8) is 0 Å². The van der Waals surface area contributed by atoms with Gasteiger partial charge in [0.15, 0.2) is 0 Å². The van der Waals surface area contributed by atoms with Crippen molar-refractivity contribution in [2.75, 3.05) is 31.3 Å². The molecule has 4 aromatic rings. The van der Waals surface area contributed by atoms with Crippen LogP contribution >= 0.6 is 0 Å². The van der Waals surface area contributed by atoms with Crippen molar-refractivity contribution in [1.29, 1.82) is 0 Å². The molecule has 9 nitrogen and oxygen atoms in total. The minimum Gasteiger partial charge on any atom is -0.495 e. The summed E-state index contributed by atoms with van der Waals surface area (Å²) in [6, 6.07) is 11.7. The molecule has 6 rings (SSSR count). The minimum absolute atomic E-state index is 0.264. The Morgan fingerprint density at radius 3 is 2.88 bits per heavy atom. The van der Waals surface area contributed by atoms with Crippen molar-refractivity contribution in [3.8, 4) is 5.75 Å². The zero-order chi connectivity index (χ0) is 23.2. The number of aromatic nitrogens is 3. The van der Waals surface area contributed by atoms with E-state index in [9.17, 15) is 4.79 Å². The van der Waals surface area contributed by atoms with Crippen LogP contribution in [0.3, 0.4) is 0 Å². The lowest BCUT2D eigenvalue weighted by molar-refractivity contribution is 0.101. The van der Waals surface area contributed by atoms with Crippen LogP contribution < -0.4 is 15.4 Å². The van der Waals surface area contributed by atoms with E-state index in [4.69, 9.17) is 9.72 Å². The summed E-state index contributed by atoms with van der Waals surface area (Å²) in [6.07, 6.45) is 4.39. The standard InChI is InChI=1S/C25H23N7O2/c1-32-9-7-14-11-20(34-2)19(10-16(14)13-32)29-25-30-22-17(6-8-26-22)23(31-25)28-18-5-3-4-15-12-27-24(33)21(15)18/h3-6,8,10-12H,7,9,13H2,1-2H3,(H3,26,28,29,30,31). The lowest BCUT2D eigenvalue weighted by atomic mass is 9.99. The molecule has 0 saturated carbocycles. The monoisotopic (exact) mass is 453 g/mol. The molecule has 0 radical (unpaired) electrons. The maximum Gasteiger partial charge on any atom is 0.279 e. The molecule has 4 heterocycles. The van der Waals surface area contributed by atoms with E-state index < -0.39 is 0 Å². The summed E-state index contributed by atoms with van der Waals surface area (Å²) in [4.78, 5) is 31.1. The lowest BCUT2D eigenvalue weighted by Gasteiger charge is -2.26. The summed E-state index contributed by atoms with van der Waals surface area (Å²) in [5.41, 5.74) is 6.02. The van der Waals surface area contributed by atoms with Crippen LogP contribution in [0.1, 0.15) is 27.0 Å². The Hall–Kier alpha value is -4.24. The summed E-state index contributed by atoms with van der Waals surface area (Å²) >= 11 is 0. The second-order valence-electron chi connectivity index (χ2n) is 8.53. The number of carbonyl (C=O) groups is 1. The number of methoxy groups -OCH3 is 1. The Bertz CT molecular complexity index is 1470. The molecule has 0 unspecified atom stereocenters. The van der Waals surface area contributed by atoms with Crippen LogP contribution in [0.25, 0.3) is 11.0 Å². The first-order valence-electron chi connectivity index (χ1n) is 11.1. The summed E-state index contributed by atoms with van der Waals surface area (Å²) in [5.74, 6) is 1.48. The van der Waals surface area contributed by atoms with E-state index in [1.165, 1.54) is 11.1 Å². The van der Waals surface area contributed by atoms with Gasteiger partial charge in [-0.15, -0.1) is 0 Å². The van der Waals surface area contributed by atoms with Crippen molar-refractivity contribution >= 4 is 46.3 Å². The van der Waals surface area contributed by atoms with Gasteiger partial charge < -0.3 is 25.3 Å². The highest BCUT2D eigenvalue weighted by Gasteiger charge is 2.21. The van der Waals surface area contributed by atoms with Crippen LogP contribution in [-0.4, -0.2) is 52.7 Å². The van der Waals surface area contributed by atoms with Crippen molar-refractivity contribution in [2.24, 2.45) is 4.99 Å². The van der Waals surface area contributed by atoms with Gasteiger partial charge in [-0.25, -0.2) is 4.99 Å². The number of hydrogen-bond acceptors (Lipinski definition) is 7. The number of carbonyl (C=O) groups excluding carboxylic acids is 1. The number of aromatic amines is 1. The number of nitrogens with zero attached hydrogens (tertiary/aromatic N) is 4. The number of aliphatic imine (C=N–C) groups is 1. The van der Waals surface area contributed by atoms with E-state index in [1.807, 2.05) is 30.5 Å². The number of likely N-dealkylation sites (N-methyl/N-ethyl adjacent to an activating group) is 1. The molecule has 0 atom stereocenters. The molecule has 0 saturated heterocycles. The fourth-order valence-corrected chi connectivity index (χ4v) is 4.55. The Kier molecular flexibility index (Phi) is 4.77. The molecule has 0 spiro atoms. The number of amides is 1. The number of benzene rings is 2. The van der Waals surface area contributed by atoms with E-state index in [1.54, 1.807) is 13.3 Å². The highest BCUT2D eigenvalue weighted by molar-refractivity contribution is 6.16. The van der Waals surface area contributed by atoms with E-state index in [0.29, 0.717) is 28.7 Å². The molecule has 0 aliphatic carbocycles. The van der Waals surface area contributed by atoms with Gasteiger partial charge >= 0.3 is 0 Å². The topological polar surface area (TPSA) is 108 Å². The van der Waals surface area contributed by atoms with Gasteiger partial charge in [0.2, 0.25) is 5.95 Å². The van der Waals surface area contributed by atoms with Gasteiger partial charge in [0.25, 0.3) is 5.91 Å². The number of ether oxygens (including phenoxy) is 1. The van der Waals surface area contributed by atoms with E-state index >= 15 is 0 Å². The molecule has 2 aromatic carbocycles. The zero-order valence-electron chi connectivity index (χ0n) is 18.8. The third-order valence-electron chi connectivity index (χ3n) is 6.27. The molecule has 0 bridgehead atoms. The van der Waals surface area contributed by atoms with Crippen molar-refractivity contribution in [3.05, 3.63) is 64.8 Å². The Morgan fingerprint density at radius 2 is 2.00 bits per heavy atom. The fourth-order valence-electron chi connectivity index (χ4n) is 4.55. The Balaban J connectivity index is 1.39. The molecule has 2 aliphatic rings. The van der Waals surface area contributed by atoms with Crippen LogP contribution in [0.5, 0.6) is 5.75 Å². The number of anilines is 4. The van der Waals surface area contributed by atoms with Gasteiger partial charge in [0.05, 0.1) is 29.4 Å². The van der Waals surface area contributed by atoms with Gasteiger partial charge in [-0.2, -0.15) is 9.97 Å².